The molecule has 2 rings (SSSR count). The number of halogens is 1. The highest BCUT2D eigenvalue weighted by Crippen LogP contribution is 2.30. The Morgan fingerprint density at radius 2 is 2.22 bits per heavy atom. The van der Waals surface area contributed by atoms with Gasteiger partial charge in [-0.2, -0.15) is 5.10 Å². The Morgan fingerprint density at radius 3 is 2.78 bits per heavy atom. The van der Waals surface area contributed by atoms with Crippen molar-refractivity contribution in [3.8, 4) is 5.88 Å². The van der Waals surface area contributed by atoms with Gasteiger partial charge in [0.15, 0.2) is 5.69 Å². The van der Waals surface area contributed by atoms with Crippen LogP contribution in [0.4, 0.5) is 0 Å². The van der Waals surface area contributed by atoms with Crippen molar-refractivity contribution < 1.29 is 9.53 Å². The number of likely N-dealkylation sites (tertiary alicyclic amines) is 1. The highest BCUT2D eigenvalue weighted by molar-refractivity contribution is 9.10. The molecule has 1 aromatic heterocycles. The smallest absolute Gasteiger partial charge is 0.275 e. The molecule has 1 aromatic rings. The molecule has 1 saturated heterocycles. The Morgan fingerprint density at radius 1 is 1.50 bits per heavy atom. The van der Waals surface area contributed by atoms with Crippen LogP contribution in [0, 0.1) is 0 Å². The minimum Gasteiger partial charge on any atom is -0.480 e. The van der Waals surface area contributed by atoms with Crippen LogP contribution in [0.15, 0.2) is 4.47 Å². The molecule has 0 unspecified atom stereocenters. The fourth-order valence-corrected chi connectivity index (χ4v) is 3.04. The van der Waals surface area contributed by atoms with Gasteiger partial charge in [-0.15, -0.1) is 0 Å². The molecule has 5 nitrogen and oxygen atoms in total. The number of hydrogen-bond acceptors (Lipinski definition) is 3. The lowest BCUT2D eigenvalue weighted by atomic mass is 10.0. The van der Waals surface area contributed by atoms with Crippen LogP contribution in [-0.4, -0.2) is 40.3 Å². The zero-order chi connectivity index (χ0) is 13.3. The summed E-state index contributed by atoms with van der Waals surface area (Å²) in [7, 11) is 3.33. The molecule has 0 bridgehead atoms. The number of methoxy groups -OCH3 is 1. The van der Waals surface area contributed by atoms with Crippen LogP contribution in [0.25, 0.3) is 0 Å². The first-order chi connectivity index (χ1) is 8.56. The van der Waals surface area contributed by atoms with Crippen LogP contribution in [-0.2, 0) is 7.05 Å². The predicted molar refractivity (Wildman–Crippen MR) is 71.8 cm³/mol. The normalized spacial score (nSPS) is 20.0. The molecule has 0 aromatic carbocycles. The second-order valence-electron chi connectivity index (χ2n) is 4.64. The first-order valence-electron chi connectivity index (χ1n) is 6.13. The number of carbonyl (C=O) groups is 1. The highest BCUT2D eigenvalue weighted by Gasteiger charge is 2.29. The number of piperidine rings is 1. The third-order valence-electron chi connectivity index (χ3n) is 3.40. The van der Waals surface area contributed by atoms with Crippen LogP contribution >= 0.6 is 15.9 Å². The van der Waals surface area contributed by atoms with E-state index in [2.05, 4.69) is 28.0 Å². The van der Waals surface area contributed by atoms with E-state index < -0.39 is 0 Å². The van der Waals surface area contributed by atoms with Crippen molar-refractivity contribution >= 4 is 21.8 Å². The number of aryl methyl sites for hydroxylation is 1. The molecule has 0 radical (unpaired) electrons. The molecule has 6 heteroatoms. The predicted octanol–water partition coefficient (Wildman–Crippen LogP) is 2.21. The van der Waals surface area contributed by atoms with E-state index >= 15 is 0 Å². The molecule has 2 heterocycles. The van der Waals surface area contributed by atoms with Crippen LogP contribution in [0.2, 0.25) is 0 Å². The molecule has 1 aliphatic rings. The van der Waals surface area contributed by atoms with Gasteiger partial charge >= 0.3 is 0 Å². The van der Waals surface area contributed by atoms with E-state index in [0.29, 0.717) is 16.0 Å². The van der Waals surface area contributed by atoms with E-state index in [1.807, 2.05) is 4.90 Å². The molecule has 18 heavy (non-hydrogen) atoms. The summed E-state index contributed by atoms with van der Waals surface area (Å²) >= 11 is 3.39. The third-order valence-corrected chi connectivity index (χ3v) is 4.11. The largest absolute Gasteiger partial charge is 0.480 e. The Labute approximate surface area is 115 Å². The summed E-state index contributed by atoms with van der Waals surface area (Å²) in [6.07, 6.45) is 3.32. The van der Waals surface area contributed by atoms with Crippen molar-refractivity contribution in [2.75, 3.05) is 13.7 Å². The quantitative estimate of drug-likeness (QED) is 0.840. The summed E-state index contributed by atoms with van der Waals surface area (Å²) in [5.41, 5.74) is 0.433. The van der Waals surface area contributed by atoms with E-state index in [1.165, 1.54) is 6.42 Å². The Kier molecular flexibility index (Phi) is 3.94. The average Bonchev–Trinajstić information content (AvgIpc) is 2.64. The van der Waals surface area contributed by atoms with E-state index in [1.54, 1.807) is 18.8 Å². The van der Waals surface area contributed by atoms with Crippen molar-refractivity contribution in [1.82, 2.24) is 14.7 Å². The first kappa shape index (κ1) is 13.4. The number of hydrogen-bond donors (Lipinski definition) is 0. The molecule has 1 fully saturated rings. The van der Waals surface area contributed by atoms with Gasteiger partial charge in [0.2, 0.25) is 5.88 Å². The third kappa shape index (κ3) is 2.25. The second kappa shape index (κ2) is 5.30. The molecule has 1 amide bonds. The van der Waals surface area contributed by atoms with Gasteiger partial charge in [0, 0.05) is 19.6 Å². The Balaban J connectivity index is 2.28. The Bertz CT molecular complexity index is 458. The maximum absolute atomic E-state index is 12.5. The van der Waals surface area contributed by atoms with Gasteiger partial charge in [-0.05, 0) is 42.1 Å². The Hall–Kier alpha value is -1.04. The van der Waals surface area contributed by atoms with Crippen LogP contribution in [0.1, 0.15) is 36.7 Å². The number of nitrogens with zero attached hydrogens (tertiary/aromatic N) is 3. The molecular formula is C12H18BrN3O2. The number of rotatable bonds is 2. The zero-order valence-corrected chi connectivity index (χ0v) is 12.5. The summed E-state index contributed by atoms with van der Waals surface area (Å²) in [5, 5.41) is 4.24. The second-order valence-corrected chi connectivity index (χ2v) is 5.43. The number of carbonyl (C=O) groups excluding carboxylic acids is 1. The summed E-state index contributed by atoms with van der Waals surface area (Å²) in [4.78, 5) is 14.4. The lowest BCUT2D eigenvalue weighted by Crippen LogP contribution is -2.42. The fraction of sp³-hybridized carbons (Fsp3) is 0.667. The van der Waals surface area contributed by atoms with E-state index in [4.69, 9.17) is 4.74 Å². The topological polar surface area (TPSA) is 47.4 Å². The number of aromatic nitrogens is 2. The lowest BCUT2D eigenvalue weighted by Gasteiger charge is -2.32. The van der Waals surface area contributed by atoms with Gasteiger partial charge in [0.05, 0.1) is 7.11 Å². The summed E-state index contributed by atoms with van der Waals surface area (Å²) < 4.78 is 7.41. The van der Waals surface area contributed by atoms with E-state index in [9.17, 15) is 4.79 Å². The molecule has 1 aliphatic heterocycles. The molecule has 1 atom stereocenters. The van der Waals surface area contributed by atoms with Gasteiger partial charge in [0.25, 0.3) is 5.91 Å². The summed E-state index contributed by atoms with van der Waals surface area (Å²) in [5.74, 6) is 0.552. The lowest BCUT2D eigenvalue weighted by molar-refractivity contribution is 0.0627. The van der Waals surface area contributed by atoms with Crippen LogP contribution in [0.3, 0.4) is 0 Å². The van der Waals surface area contributed by atoms with E-state index in [-0.39, 0.29) is 11.9 Å². The number of ether oxygens (including phenoxy) is 1. The summed E-state index contributed by atoms with van der Waals surface area (Å²) in [6, 6.07) is 0.283. The van der Waals surface area contributed by atoms with Gasteiger partial charge < -0.3 is 9.64 Å². The van der Waals surface area contributed by atoms with Crippen molar-refractivity contribution in [3.05, 3.63) is 10.2 Å². The minimum absolute atomic E-state index is 0.0204. The molecule has 0 N–H and O–H groups in total. The number of amides is 1. The molecular weight excluding hydrogens is 298 g/mol. The van der Waals surface area contributed by atoms with Crippen molar-refractivity contribution in [2.45, 2.75) is 32.2 Å². The minimum atomic E-state index is -0.0204. The van der Waals surface area contributed by atoms with E-state index in [0.717, 1.165) is 19.4 Å². The highest BCUT2D eigenvalue weighted by atomic mass is 79.9. The standard InChI is InChI=1S/C12H18BrN3O2/c1-8-6-4-5-7-16(8)11(17)10-9(13)12(18-3)15(2)14-10/h8H,4-7H2,1-3H3/t8-/m1/s1. The van der Waals surface area contributed by atoms with Crippen LogP contribution < -0.4 is 4.74 Å². The van der Waals surface area contributed by atoms with Gasteiger partial charge in [-0.25, -0.2) is 4.68 Å². The van der Waals surface area contributed by atoms with Crippen molar-refractivity contribution in [2.24, 2.45) is 7.05 Å². The fourth-order valence-electron chi connectivity index (χ4n) is 2.38. The average molecular weight is 316 g/mol. The zero-order valence-electron chi connectivity index (χ0n) is 10.9. The first-order valence-corrected chi connectivity index (χ1v) is 6.93. The van der Waals surface area contributed by atoms with Crippen molar-refractivity contribution in [3.63, 3.8) is 0 Å². The molecule has 100 valence electrons. The molecule has 0 aliphatic carbocycles. The maximum atomic E-state index is 12.5. The van der Waals surface area contributed by atoms with Crippen LogP contribution in [0.5, 0.6) is 5.88 Å². The maximum Gasteiger partial charge on any atom is 0.275 e. The monoisotopic (exact) mass is 315 g/mol. The summed E-state index contributed by atoms with van der Waals surface area (Å²) in [6.45, 7) is 2.90. The molecule has 0 spiro atoms. The molecule has 0 saturated carbocycles. The van der Waals surface area contributed by atoms with Gasteiger partial charge in [-0.1, -0.05) is 0 Å². The van der Waals surface area contributed by atoms with Gasteiger partial charge in [0.1, 0.15) is 4.47 Å². The SMILES string of the molecule is COc1c(Br)c(C(=O)N2CCCC[C@H]2C)nn1C. The van der Waals surface area contributed by atoms with Crippen molar-refractivity contribution in [1.29, 1.82) is 0 Å². The van der Waals surface area contributed by atoms with Gasteiger partial charge in [-0.3, -0.25) is 4.79 Å².